The van der Waals surface area contributed by atoms with Gasteiger partial charge in [0, 0.05) is 24.4 Å². The maximum Gasteiger partial charge on any atom is 0.223 e. The summed E-state index contributed by atoms with van der Waals surface area (Å²) in [5, 5.41) is 2.97. The summed E-state index contributed by atoms with van der Waals surface area (Å²) in [5.41, 5.74) is 2.21. The van der Waals surface area contributed by atoms with Crippen molar-refractivity contribution in [2.45, 2.75) is 19.4 Å². The first-order valence-corrected chi connectivity index (χ1v) is 6.68. The standard InChI is InChI=1S/C12H16N2OS/c1-16-14-11-5-3-2-4-10(11)8-13-12(15)9-6-7-9/h2-5,9,14H,6-8H2,1H3,(H,13,15). The molecule has 1 fully saturated rings. The van der Waals surface area contributed by atoms with Crippen LogP contribution in [-0.2, 0) is 11.3 Å². The number of hydrogen-bond donors (Lipinski definition) is 2. The summed E-state index contributed by atoms with van der Waals surface area (Å²) in [5.74, 6) is 0.472. The van der Waals surface area contributed by atoms with Crippen LogP contribution >= 0.6 is 11.9 Å². The molecule has 0 aromatic heterocycles. The van der Waals surface area contributed by atoms with Gasteiger partial charge >= 0.3 is 0 Å². The first kappa shape index (κ1) is 11.3. The Balaban J connectivity index is 1.94. The fraction of sp³-hybridized carbons (Fsp3) is 0.417. The maximum atomic E-state index is 11.5. The molecule has 1 aromatic rings. The van der Waals surface area contributed by atoms with Gasteiger partial charge in [-0.2, -0.15) is 0 Å². The van der Waals surface area contributed by atoms with Crippen LogP contribution in [0.4, 0.5) is 5.69 Å². The lowest BCUT2D eigenvalue weighted by atomic mass is 10.2. The van der Waals surface area contributed by atoms with Crippen LogP contribution in [0, 0.1) is 5.92 Å². The normalized spacial score (nSPS) is 14.6. The summed E-state index contributed by atoms with van der Waals surface area (Å²) in [6.45, 7) is 0.610. The van der Waals surface area contributed by atoms with E-state index < -0.39 is 0 Å². The predicted octanol–water partition coefficient (Wildman–Crippen LogP) is 2.40. The number of hydrogen-bond acceptors (Lipinski definition) is 3. The van der Waals surface area contributed by atoms with E-state index >= 15 is 0 Å². The Kier molecular flexibility index (Phi) is 3.72. The molecule has 1 aliphatic rings. The molecule has 2 rings (SSSR count). The molecule has 1 amide bonds. The summed E-state index contributed by atoms with van der Waals surface area (Å²) < 4.78 is 3.21. The largest absolute Gasteiger partial charge is 0.352 e. The summed E-state index contributed by atoms with van der Waals surface area (Å²) in [7, 11) is 0. The molecular weight excluding hydrogens is 220 g/mol. The first-order chi connectivity index (χ1) is 7.81. The van der Waals surface area contributed by atoms with Gasteiger partial charge in [-0.1, -0.05) is 30.1 Å². The van der Waals surface area contributed by atoms with E-state index in [0.29, 0.717) is 6.54 Å². The minimum Gasteiger partial charge on any atom is -0.352 e. The highest BCUT2D eigenvalue weighted by Gasteiger charge is 2.29. The maximum absolute atomic E-state index is 11.5. The molecule has 0 atom stereocenters. The minimum atomic E-state index is 0.193. The Labute approximate surface area is 100 Å². The van der Waals surface area contributed by atoms with Gasteiger partial charge in [-0.25, -0.2) is 0 Å². The number of para-hydroxylation sites is 1. The third kappa shape index (κ3) is 2.92. The van der Waals surface area contributed by atoms with Gasteiger partial charge in [0.15, 0.2) is 0 Å². The molecule has 86 valence electrons. The molecule has 0 spiro atoms. The van der Waals surface area contributed by atoms with E-state index in [2.05, 4.69) is 10.0 Å². The molecule has 1 aliphatic carbocycles. The third-order valence-electron chi connectivity index (χ3n) is 2.63. The molecule has 4 heteroatoms. The Hall–Kier alpha value is -1.16. The number of carbonyl (C=O) groups is 1. The van der Waals surface area contributed by atoms with Crippen LogP contribution in [0.5, 0.6) is 0 Å². The molecule has 3 nitrogen and oxygen atoms in total. The number of amides is 1. The van der Waals surface area contributed by atoms with Crippen molar-refractivity contribution in [3.63, 3.8) is 0 Å². The molecular formula is C12H16N2OS. The second kappa shape index (κ2) is 5.25. The zero-order valence-electron chi connectivity index (χ0n) is 9.32. The van der Waals surface area contributed by atoms with Crippen molar-refractivity contribution in [2.75, 3.05) is 11.0 Å². The molecule has 0 heterocycles. The van der Waals surface area contributed by atoms with E-state index in [9.17, 15) is 4.79 Å². The molecule has 0 saturated heterocycles. The molecule has 0 radical (unpaired) electrons. The van der Waals surface area contributed by atoms with E-state index in [-0.39, 0.29) is 11.8 Å². The molecule has 1 saturated carbocycles. The second-order valence-electron chi connectivity index (χ2n) is 3.96. The highest BCUT2D eigenvalue weighted by atomic mass is 32.2. The second-order valence-corrected chi connectivity index (χ2v) is 4.57. The van der Waals surface area contributed by atoms with Gasteiger partial charge in [0.1, 0.15) is 0 Å². The Morgan fingerprint density at radius 3 is 2.88 bits per heavy atom. The summed E-state index contributed by atoms with van der Waals surface area (Å²) in [6.07, 6.45) is 4.09. The van der Waals surface area contributed by atoms with Gasteiger partial charge < -0.3 is 10.0 Å². The van der Waals surface area contributed by atoms with Gasteiger partial charge in [0.05, 0.1) is 0 Å². The van der Waals surface area contributed by atoms with Gasteiger partial charge in [-0.05, 0) is 24.5 Å². The molecule has 0 bridgehead atoms. The van der Waals surface area contributed by atoms with E-state index in [0.717, 1.165) is 24.1 Å². The lowest BCUT2D eigenvalue weighted by molar-refractivity contribution is -0.122. The number of carbonyl (C=O) groups excluding carboxylic acids is 1. The van der Waals surface area contributed by atoms with Crippen LogP contribution in [0.15, 0.2) is 24.3 Å². The molecule has 1 aromatic carbocycles. The molecule has 2 N–H and O–H groups in total. The number of nitrogens with one attached hydrogen (secondary N) is 2. The fourth-order valence-corrected chi connectivity index (χ4v) is 1.98. The molecule has 0 aliphatic heterocycles. The highest BCUT2D eigenvalue weighted by molar-refractivity contribution is 7.99. The summed E-state index contributed by atoms with van der Waals surface area (Å²) in [4.78, 5) is 11.5. The van der Waals surface area contributed by atoms with Gasteiger partial charge in [0.2, 0.25) is 5.91 Å². The number of anilines is 1. The molecule has 0 unspecified atom stereocenters. The topological polar surface area (TPSA) is 41.1 Å². The average molecular weight is 236 g/mol. The van der Waals surface area contributed by atoms with Crippen molar-refractivity contribution >= 4 is 23.5 Å². The van der Waals surface area contributed by atoms with Crippen molar-refractivity contribution < 1.29 is 4.79 Å². The zero-order chi connectivity index (χ0) is 11.4. The lowest BCUT2D eigenvalue weighted by Crippen LogP contribution is -2.24. The number of benzene rings is 1. The van der Waals surface area contributed by atoms with Crippen molar-refractivity contribution in [1.82, 2.24) is 5.32 Å². The van der Waals surface area contributed by atoms with Crippen molar-refractivity contribution in [2.24, 2.45) is 5.92 Å². The van der Waals surface area contributed by atoms with E-state index in [1.807, 2.05) is 30.5 Å². The monoisotopic (exact) mass is 236 g/mol. The zero-order valence-corrected chi connectivity index (χ0v) is 10.1. The Bertz CT molecular complexity index is 377. The van der Waals surface area contributed by atoms with E-state index in [1.165, 1.54) is 0 Å². The average Bonchev–Trinajstić information content (AvgIpc) is 3.12. The summed E-state index contributed by atoms with van der Waals surface area (Å²) in [6, 6.07) is 8.04. The third-order valence-corrected chi connectivity index (χ3v) is 3.05. The van der Waals surface area contributed by atoms with Crippen molar-refractivity contribution in [3.05, 3.63) is 29.8 Å². The summed E-state index contributed by atoms with van der Waals surface area (Å²) >= 11 is 1.56. The van der Waals surface area contributed by atoms with Gasteiger partial charge in [-0.15, -0.1) is 0 Å². The fourth-order valence-electron chi connectivity index (χ4n) is 1.56. The van der Waals surface area contributed by atoms with Gasteiger partial charge in [0.25, 0.3) is 0 Å². The smallest absolute Gasteiger partial charge is 0.223 e. The Morgan fingerprint density at radius 2 is 2.19 bits per heavy atom. The Morgan fingerprint density at radius 1 is 1.44 bits per heavy atom. The van der Waals surface area contributed by atoms with Crippen LogP contribution in [0.1, 0.15) is 18.4 Å². The number of rotatable bonds is 5. The van der Waals surface area contributed by atoms with Crippen LogP contribution < -0.4 is 10.0 Å². The van der Waals surface area contributed by atoms with Crippen LogP contribution in [0.3, 0.4) is 0 Å². The minimum absolute atomic E-state index is 0.193. The van der Waals surface area contributed by atoms with Crippen molar-refractivity contribution in [3.8, 4) is 0 Å². The first-order valence-electron chi connectivity index (χ1n) is 5.46. The lowest BCUT2D eigenvalue weighted by Gasteiger charge is -2.10. The highest BCUT2D eigenvalue weighted by Crippen LogP contribution is 2.29. The van der Waals surface area contributed by atoms with E-state index in [4.69, 9.17) is 0 Å². The van der Waals surface area contributed by atoms with Crippen LogP contribution in [-0.4, -0.2) is 12.2 Å². The van der Waals surface area contributed by atoms with Crippen LogP contribution in [0.2, 0.25) is 0 Å². The van der Waals surface area contributed by atoms with Gasteiger partial charge in [-0.3, -0.25) is 4.79 Å². The quantitative estimate of drug-likeness (QED) is 0.771. The van der Waals surface area contributed by atoms with Crippen LogP contribution in [0.25, 0.3) is 0 Å². The predicted molar refractivity (Wildman–Crippen MR) is 68.2 cm³/mol. The van der Waals surface area contributed by atoms with E-state index in [1.54, 1.807) is 11.9 Å². The SMILES string of the molecule is CSNc1ccccc1CNC(=O)C1CC1. The molecule has 16 heavy (non-hydrogen) atoms. The van der Waals surface area contributed by atoms with Crippen molar-refractivity contribution in [1.29, 1.82) is 0 Å².